The molecular weight excluding hydrogens is 208 g/mol. The first-order valence-corrected chi connectivity index (χ1v) is 5.79. The van der Waals surface area contributed by atoms with Gasteiger partial charge in [-0.3, -0.25) is 9.59 Å². The van der Waals surface area contributed by atoms with Gasteiger partial charge in [0.05, 0.1) is 5.41 Å². The van der Waals surface area contributed by atoms with Crippen LogP contribution in [0.5, 0.6) is 0 Å². The third-order valence-electron chi connectivity index (χ3n) is 3.58. The van der Waals surface area contributed by atoms with Crippen LogP contribution in [-0.4, -0.2) is 29.6 Å². The normalized spacial score (nSPS) is 23.6. The molecule has 0 saturated heterocycles. The third kappa shape index (κ3) is 2.52. The number of nitrogens with two attached hydrogens (primary N) is 1. The average Bonchev–Trinajstić information content (AvgIpc) is 3.08. The zero-order chi connectivity index (χ0) is 11.8. The molecule has 0 aromatic rings. The van der Waals surface area contributed by atoms with Gasteiger partial charge in [0.15, 0.2) is 0 Å². The lowest BCUT2D eigenvalue weighted by Crippen LogP contribution is -2.37. The summed E-state index contributed by atoms with van der Waals surface area (Å²) >= 11 is 0. The summed E-state index contributed by atoms with van der Waals surface area (Å²) in [5.74, 6) is -0.425. The largest absolute Gasteiger partial charge is 0.481 e. The molecular formula is C11H18N2O3. The van der Waals surface area contributed by atoms with Crippen LogP contribution in [0.1, 0.15) is 32.1 Å². The number of carbonyl (C=O) groups is 2. The molecule has 0 aromatic heterocycles. The zero-order valence-corrected chi connectivity index (χ0v) is 9.24. The average molecular weight is 226 g/mol. The van der Waals surface area contributed by atoms with Crippen molar-refractivity contribution in [1.29, 1.82) is 0 Å². The minimum atomic E-state index is -0.806. The number of nitrogens with one attached hydrogen (secondary N) is 1. The van der Waals surface area contributed by atoms with Gasteiger partial charge in [0.2, 0.25) is 5.91 Å². The number of amides is 1. The summed E-state index contributed by atoms with van der Waals surface area (Å²) in [4.78, 5) is 22.4. The topological polar surface area (TPSA) is 92.4 Å². The summed E-state index contributed by atoms with van der Waals surface area (Å²) in [6.45, 7) is 0.249. The Hall–Kier alpha value is -1.10. The van der Waals surface area contributed by atoms with Crippen molar-refractivity contribution >= 4 is 11.9 Å². The molecule has 0 spiro atoms. The van der Waals surface area contributed by atoms with E-state index in [0.29, 0.717) is 25.2 Å². The Morgan fingerprint density at radius 1 is 1.44 bits per heavy atom. The predicted octanol–water partition coefficient (Wildman–Crippen LogP) is 0.0948. The smallest absolute Gasteiger partial charge is 0.311 e. The molecule has 2 rings (SSSR count). The van der Waals surface area contributed by atoms with E-state index in [2.05, 4.69) is 5.32 Å². The van der Waals surface area contributed by atoms with E-state index in [1.54, 1.807) is 0 Å². The summed E-state index contributed by atoms with van der Waals surface area (Å²) in [6, 6.07) is -0.0556. The number of hydrogen-bond donors (Lipinski definition) is 3. The van der Waals surface area contributed by atoms with Crippen LogP contribution in [0, 0.1) is 11.3 Å². The standard InChI is InChI=1S/C11H18N2O3/c12-8(7-1-2-7)5-9(14)13-6-11(3-4-11)10(15)16/h7-8H,1-6,12H2,(H,13,14)(H,15,16). The van der Waals surface area contributed by atoms with Crippen LogP contribution >= 0.6 is 0 Å². The van der Waals surface area contributed by atoms with Crippen molar-refractivity contribution in [2.24, 2.45) is 17.1 Å². The van der Waals surface area contributed by atoms with Gasteiger partial charge >= 0.3 is 5.97 Å². The summed E-state index contributed by atoms with van der Waals surface area (Å²) in [5, 5.41) is 11.6. The highest BCUT2D eigenvalue weighted by atomic mass is 16.4. The van der Waals surface area contributed by atoms with Gasteiger partial charge in [-0.05, 0) is 31.6 Å². The van der Waals surface area contributed by atoms with Gasteiger partial charge in [0, 0.05) is 19.0 Å². The molecule has 2 aliphatic carbocycles. The van der Waals surface area contributed by atoms with E-state index < -0.39 is 11.4 Å². The van der Waals surface area contributed by atoms with Crippen LogP contribution in [0.2, 0.25) is 0 Å². The molecule has 0 heterocycles. The van der Waals surface area contributed by atoms with Crippen molar-refractivity contribution < 1.29 is 14.7 Å². The minimum absolute atomic E-state index is 0.0556. The van der Waals surface area contributed by atoms with Crippen LogP contribution in [0.15, 0.2) is 0 Å². The van der Waals surface area contributed by atoms with Gasteiger partial charge in [0.1, 0.15) is 0 Å². The maximum atomic E-state index is 11.5. The van der Waals surface area contributed by atoms with Gasteiger partial charge in [-0.15, -0.1) is 0 Å². The second-order valence-corrected chi connectivity index (χ2v) is 5.07. The Morgan fingerprint density at radius 3 is 2.50 bits per heavy atom. The van der Waals surface area contributed by atoms with E-state index in [1.807, 2.05) is 0 Å². The first-order valence-electron chi connectivity index (χ1n) is 5.79. The molecule has 5 heteroatoms. The fourth-order valence-corrected chi connectivity index (χ4v) is 1.86. The highest BCUT2D eigenvalue weighted by Gasteiger charge is 2.50. The fraction of sp³-hybridized carbons (Fsp3) is 0.818. The summed E-state index contributed by atoms with van der Waals surface area (Å²) in [6.07, 6.45) is 3.88. The lowest BCUT2D eigenvalue weighted by molar-refractivity contribution is -0.143. The monoisotopic (exact) mass is 226 g/mol. The Kier molecular flexibility index (Phi) is 2.88. The molecule has 16 heavy (non-hydrogen) atoms. The van der Waals surface area contributed by atoms with Gasteiger partial charge in [-0.25, -0.2) is 0 Å². The SMILES string of the molecule is NC(CC(=O)NCC1(C(=O)O)CC1)C1CC1. The van der Waals surface area contributed by atoms with Crippen molar-refractivity contribution in [2.45, 2.75) is 38.1 Å². The molecule has 4 N–H and O–H groups in total. The maximum Gasteiger partial charge on any atom is 0.311 e. The Bertz CT molecular complexity index is 308. The van der Waals surface area contributed by atoms with Crippen LogP contribution in [0.25, 0.3) is 0 Å². The van der Waals surface area contributed by atoms with Crippen LogP contribution in [0.3, 0.4) is 0 Å². The van der Waals surface area contributed by atoms with E-state index in [0.717, 1.165) is 12.8 Å². The molecule has 1 atom stereocenters. The van der Waals surface area contributed by atoms with Gasteiger partial charge in [-0.2, -0.15) is 0 Å². The van der Waals surface area contributed by atoms with Crippen LogP contribution < -0.4 is 11.1 Å². The molecule has 1 amide bonds. The quantitative estimate of drug-likeness (QED) is 0.598. The van der Waals surface area contributed by atoms with E-state index in [4.69, 9.17) is 10.8 Å². The molecule has 0 aliphatic heterocycles. The Balaban J connectivity index is 1.69. The fourth-order valence-electron chi connectivity index (χ4n) is 1.86. The van der Waals surface area contributed by atoms with Crippen LogP contribution in [0.4, 0.5) is 0 Å². The molecule has 5 nitrogen and oxygen atoms in total. The number of carboxylic acid groups (broad SMARTS) is 1. The molecule has 2 aliphatic rings. The zero-order valence-electron chi connectivity index (χ0n) is 9.24. The summed E-state index contributed by atoms with van der Waals surface area (Å²) < 4.78 is 0. The summed E-state index contributed by atoms with van der Waals surface area (Å²) in [5.41, 5.74) is 5.14. The highest BCUT2D eigenvalue weighted by molar-refractivity contribution is 5.81. The second kappa shape index (κ2) is 4.05. The van der Waals surface area contributed by atoms with E-state index in [-0.39, 0.29) is 18.5 Å². The number of carbonyl (C=O) groups excluding carboxylic acids is 1. The molecule has 0 aromatic carbocycles. The van der Waals surface area contributed by atoms with Gasteiger partial charge < -0.3 is 16.2 Å². The summed E-state index contributed by atoms with van der Waals surface area (Å²) in [7, 11) is 0. The first-order chi connectivity index (χ1) is 7.53. The van der Waals surface area contributed by atoms with Crippen molar-refractivity contribution in [3.8, 4) is 0 Å². The molecule has 2 saturated carbocycles. The maximum absolute atomic E-state index is 11.5. The first kappa shape index (κ1) is 11.4. The van der Waals surface area contributed by atoms with Crippen molar-refractivity contribution in [3.63, 3.8) is 0 Å². The number of hydrogen-bond acceptors (Lipinski definition) is 3. The van der Waals surface area contributed by atoms with E-state index in [9.17, 15) is 9.59 Å². The minimum Gasteiger partial charge on any atom is -0.481 e. The number of carboxylic acids is 1. The van der Waals surface area contributed by atoms with E-state index >= 15 is 0 Å². The van der Waals surface area contributed by atoms with Crippen molar-refractivity contribution in [2.75, 3.05) is 6.54 Å². The number of rotatable bonds is 6. The lowest BCUT2D eigenvalue weighted by atomic mass is 10.1. The molecule has 1 unspecified atom stereocenters. The predicted molar refractivity (Wildman–Crippen MR) is 57.6 cm³/mol. The molecule has 2 fully saturated rings. The third-order valence-corrected chi connectivity index (χ3v) is 3.58. The highest BCUT2D eigenvalue weighted by Crippen LogP contribution is 2.45. The lowest BCUT2D eigenvalue weighted by Gasteiger charge is -2.13. The number of aliphatic carboxylic acids is 1. The Labute approximate surface area is 94.4 Å². The van der Waals surface area contributed by atoms with Gasteiger partial charge in [-0.1, -0.05) is 0 Å². The van der Waals surface area contributed by atoms with Crippen molar-refractivity contribution in [3.05, 3.63) is 0 Å². The molecule has 0 radical (unpaired) electrons. The molecule has 90 valence electrons. The van der Waals surface area contributed by atoms with E-state index in [1.165, 1.54) is 0 Å². The van der Waals surface area contributed by atoms with Crippen molar-refractivity contribution in [1.82, 2.24) is 5.32 Å². The Morgan fingerprint density at radius 2 is 2.06 bits per heavy atom. The van der Waals surface area contributed by atoms with Gasteiger partial charge in [0.25, 0.3) is 0 Å². The second-order valence-electron chi connectivity index (χ2n) is 5.07. The van der Waals surface area contributed by atoms with Crippen LogP contribution in [-0.2, 0) is 9.59 Å². The molecule has 0 bridgehead atoms.